The Morgan fingerprint density at radius 1 is 1.62 bits per heavy atom. The number of rotatable bonds is 6. The van der Waals surface area contributed by atoms with Gasteiger partial charge < -0.3 is 15.7 Å². The zero-order chi connectivity index (χ0) is 10.3. The Balaban J connectivity index is 3.84. The van der Waals surface area contributed by atoms with Crippen LogP contribution in [0.4, 0.5) is 0 Å². The molecule has 0 fully saturated rings. The minimum Gasteiger partial charge on any atom is -0.396 e. The topological polar surface area (TPSA) is 66.6 Å². The maximum atomic E-state index is 11.5. The Kier molecular flexibility index (Phi) is 6.54. The summed E-state index contributed by atoms with van der Waals surface area (Å²) < 4.78 is 0. The van der Waals surface area contributed by atoms with Gasteiger partial charge in [-0.15, -0.1) is 0 Å². The lowest BCUT2D eigenvalue weighted by molar-refractivity contribution is -0.131. The standard InChI is InChI=1S/C9H20N2O2/c1-3-11(5-4-6-12)9(13)7-8(2)10/h8,12H,3-7,10H2,1-2H3. The normalized spacial score (nSPS) is 12.6. The van der Waals surface area contributed by atoms with Crippen molar-refractivity contribution >= 4 is 5.91 Å². The fraction of sp³-hybridized carbons (Fsp3) is 0.889. The minimum absolute atomic E-state index is 0.0750. The van der Waals surface area contributed by atoms with Crippen LogP contribution in [0, 0.1) is 0 Å². The second-order valence-electron chi connectivity index (χ2n) is 3.23. The molecule has 1 atom stereocenters. The molecule has 0 aliphatic heterocycles. The first-order valence-corrected chi connectivity index (χ1v) is 4.76. The quantitative estimate of drug-likeness (QED) is 0.614. The average Bonchev–Trinajstić information content (AvgIpc) is 2.04. The third-order valence-corrected chi connectivity index (χ3v) is 1.82. The lowest BCUT2D eigenvalue weighted by atomic mass is 10.2. The summed E-state index contributed by atoms with van der Waals surface area (Å²) in [5, 5.41) is 8.61. The van der Waals surface area contributed by atoms with Gasteiger partial charge in [-0.05, 0) is 20.3 Å². The molecule has 0 aromatic heterocycles. The second-order valence-corrected chi connectivity index (χ2v) is 3.23. The highest BCUT2D eigenvalue weighted by atomic mass is 16.3. The predicted octanol–water partition coefficient (Wildman–Crippen LogP) is -0.0454. The van der Waals surface area contributed by atoms with Gasteiger partial charge in [0.25, 0.3) is 0 Å². The van der Waals surface area contributed by atoms with Crippen LogP contribution in [-0.4, -0.2) is 41.7 Å². The summed E-state index contributed by atoms with van der Waals surface area (Å²) in [7, 11) is 0. The molecule has 0 saturated carbocycles. The van der Waals surface area contributed by atoms with E-state index in [0.717, 1.165) is 0 Å². The summed E-state index contributed by atoms with van der Waals surface area (Å²) in [4.78, 5) is 13.2. The number of amides is 1. The Hall–Kier alpha value is -0.610. The van der Waals surface area contributed by atoms with Crippen molar-refractivity contribution in [3.63, 3.8) is 0 Å². The van der Waals surface area contributed by atoms with Crippen LogP contribution in [0.5, 0.6) is 0 Å². The molecule has 1 unspecified atom stereocenters. The molecule has 0 aliphatic carbocycles. The molecule has 0 radical (unpaired) electrons. The van der Waals surface area contributed by atoms with E-state index >= 15 is 0 Å². The van der Waals surface area contributed by atoms with Crippen LogP contribution < -0.4 is 5.73 Å². The summed E-state index contributed by atoms with van der Waals surface area (Å²) in [6.07, 6.45) is 1.03. The molecular weight excluding hydrogens is 168 g/mol. The largest absolute Gasteiger partial charge is 0.396 e. The highest BCUT2D eigenvalue weighted by Crippen LogP contribution is 1.98. The number of nitrogens with two attached hydrogens (primary N) is 1. The molecular formula is C9H20N2O2. The summed E-state index contributed by atoms with van der Waals surface area (Å²) in [5.74, 6) is 0.0750. The summed E-state index contributed by atoms with van der Waals surface area (Å²) >= 11 is 0. The van der Waals surface area contributed by atoms with E-state index in [9.17, 15) is 4.79 Å². The summed E-state index contributed by atoms with van der Waals surface area (Å²) in [6, 6.07) is -0.0873. The first-order chi connectivity index (χ1) is 6.11. The first-order valence-electron chi connectivity index (χ1n) is 4.76. The van der Waals surface area contributed by atoms with Gasteiger partial charge in [0.15, 0.2) is 0 Å². The lowest BCUT2D eigenvalue weighted by Crippen LogP contribution is -2.35. The molecule has 0 aromatic carbocycles. The Morgan fingerprint density at radius 2 is 2.23 bits per heavy atom. The van der Waals surface area contributed by atoms with Crippen LogP contribution >= 0.6 is 0 Å². The van der Waals surface area contributed by atoms with Gasteiger partial charge in [-0.25, -0.2) is 0 Å². The average molecular weight is 188 g/mol. The number of hydrogen-bond donors (Lipinski definition) is 2. The molecule has 0 rings (SSSR count). The monoisotopic (exact) mass is 188 g/mol. The van der Waals surface area contributed by atoms with Gasteiger partial charge in [0.1, 0.15) is 0 Å². The van der Waals surface area contributed by atoms with Crippen molar-refractivity contribution in [2.45, 2.75) is 32.7 Å². The van der Waals surface area contributed by atoms with Crippen molar-refractivity contribution in [3.05, 3.63) is 0 Å². The highest BCUT2D eigenvalue weighted by molar-refractivity contribution is 5.76. The highest BCUT2D eigenvalue weighted by Gasteiger charge is 2.12. The van der Waals surface area contributed by atoms with Gasteiger partial charge in [0.05, 0.1) is 0 Å². The van der Waals surface area contributed by atoms with Crippen molar-refractivity contribution in [2.75, 3.05) is 19.7 Å². The maximum absolute atomic E-state index is 11.5. The molecule has 0 saturated heterocycles. The third-order valence-electron chi connectivity index (χ3n) is 1.82. The number of aliphatic hydroxyl groups is 1. The predicted molar refractivity (Wildman–Crippen MR) is 52.2 cm³/mol. The molecule has 4 nitrogen and oxygen atoms in total. The van der Waals surface area contributed by atoms with E-state index in [1.807, 2.05) is 13.8 Å². The lowest BCUT2D eigenvalue weighted by Gasteiger charge is -2.21. The molecule has 0 aromatic rings. The second kappa shape index (κ2) is 6.86. The van der Waals surface area contributed by atoms with E-state index < -0.39 is 0 Å². The van der Waals surface area contributed by atoms with Gasteiger partial charge in [0, 0.05) is 32.2 Å². The summed E-state index contributed by atoms with van der Waals surface area (Å²) in [6.45, 7) is 5.18. The van der Waals surface area contributed by atoms with Gasteiger partial charge in [-0.2, -0.15) is 0 Å². The Labute approximate surface area is 79.7 Å². The van der Waals surface area contributed by atoms with Crippen molar-refractivity contribution < 1.29 is 9.90 Å². The molecule has 13 heavy (non-hydrogen) atoms. The van der Waals surface area contributed by atoms with Crippen LogP contribution in [0.3, 0.4) is 0 Å². The van der Waals surface area contributed by atoms with Gasteiger partial charge in [-0.3, -0.25) is 4.79 Å². The first kappa shape index (κ1) is 12.4. The number of aliphatic hydroxyl groups excluding tert-OH is 1. The number of nitrogens with zero attached hydrogens (tertiary/aromatic N) is 1. The molecule has 0 bridgehead atoms. The van der Waals surface area contributed by atoms with Crippen LogP contribution in [0.15, 0.2) is 0 Å². The van der Waals surface area contributed by atoms with Gasteiger partial charge >= 0.3 is 0 Å². The molecule has 0 aliphatic rings. The van der Waals surface area contributed by atoms with E-state index in [1.165, 1.54) is 0 Å². The van der Waals surface area contributed by atoms with E-state index in [2.05, 4.69) is 0 Å². The van der Waals surface area contributed by atoms with Crippen molar-refractivity contribution in [1.82, 2.24) is 4.90 Å². The van der Waals surface area contributed by atoms with E-state index in [-0.39, 0.29) is 18.6 Å². The molecule has 1 amide bonds. The maximum Gasteiger partial charge on any atom is 0.224 e. The van der Waals surface area contributed by atoms with E-state index in [0.29, 0.717) is 25.9 Å². The number of carbonyl (C=O) groups is 1. The fourth-order valence-corrected chi connectivity index (χ4v) is 1.13. The SMILES string of the molecule is CCN(CCCO)C(=O)CC(C)N. The molecule has 0 spiro atoms. The zero-order valence-electron chi connectivity index (χ0n) is 8.49. The number of hydrogen-bond acceptors (Lipinski definition) is 3. The molecule has 0 heterocycles. The van der Waals surface area contributed by atoms with Gasteiger partial charge in [-0.1, -0.05) is 0 Å². The third kappa shape index (κ3) is 5.60. The molecule has 4 heteroatoms. The Morgan fingerprint density at radius 3 is 2.62 bits per heavy atom. The van der Waals surface area contributed by atoms with Crippen molar-refractivity contribution in [1.29, 1.82) is 0 Å². The van der Waals surface area contributed by atoms with E-state index in [4.69, 9.17) is 10.8 Å². The Bertz CT molecular complexity index is 149. The molecule has 3 N–H and O–H groups in total. The molecule has 78 valence electrons. The minimum atomic E-state index is -0.0873. The summed E-state index contributed by atoms with van der Waals surface area (Å²) in [5.41, 5.74) is 5.52. The zero-order valence-corrected chi connectivity index (χ0v) is 8.49. The van der Waals surface area contributed by atoms with Crippen molar-refractivity contribution in [3.8, 4) is 0 Å². The van der Waals surface area contributed by atoms with Crippen LogP contribution in [0.25, 0.3) is 0 Å². The van der Waals surface area contributed by atoms with Crippen LogP contribution in [-0.2, 0) is 4.79 Å². The van der Waals surface area contributed by atoms with Crippen LogP contribution in [0.2, 0.25) is 0 Å². The van der Waals surface area contributed by atoms with Gasteiger partial charge in [0.2, 0.25) is 5.91 Å². The fourth-order valence-electron chi connectivity index (χ4n) is 1.13. The smallest absolute Gasteiger partial charge is 0.224 e. The van der Waals surface area contributed by atoms with Crippen LogP contribution in [0.1, 0.15) is 26.7 Å². The number of carbonyl (C=O) groups excluding carboxylic acids is 1. The van der Waals surface area contributed by atoms with Crippen molar-refractivity contribution in [2.24, 2.45) is 5.73 Å². The van der Waals surface area contributed by atoms with E-state index in [1.54, 1.807) is 4.90 Å².